The molecule has 6 nitrogen and oxygen atoms in total. The number of hydrogen-bond donors (Lipinski definition) is 1. The summed E-state index contributed by atoms with van der Waals surface area (Å²) in [7, 11) is 0. The van der Waals surface area contributed by atoms with Crippen LogP contribution in [-0.4, -0.2) is 20.4 Å². The first-order valence-electron chi connectivity index (χ1n) is 7.50. The van der Waals surface area contributed by atoms with Gasteiger partial charge in [-0.15, -0.1) is 0 Å². The standard InChI is InChI=1S/C18H14N4O2/c23-18(20-11-15-3-2-10-24-15)13-5-7-14(8-6-13)22-12-21-16-4-1-9-19-17(16)22/h1-10,12H,11H2,(H,20,23). The smallest absolute Gasteiger partial charge is 0.251 e. The van der Waals surface area contributed by atoms with Gasteiger partial charge in [0.05, 0.1) is 12.8 Å². The van der Waals surface area contributed by atoms with E-state index in [1.165, 1.54) is 0 Å². The number of hydrogen-bond acceptors (Lipinski definition) is 4. The average Bonchev–Trinajstić information content (AvgIpc) is 3.29. The first-order valence-corrected chi connectivity index (χ1v) is 7.50. The number of furan rings is 1. The van der Waals surface area contributed by atoms with Gasteiger partial charge in [0.15, 0.2) is 5.65 Å². The number of nitrogens with one attached hydrogen (secondary N) is 1. The number of rotatable bonds is 4. The predicted octanol–water partition coefficient (Wildman–Crippen LogP) is 2.94. The van der Waals surface area contributed by atoms with Gasteiger partial charge < -0.3 is 9.73 Å². The SMILES string of the molecule is O=C(NCc1ccco1)c1ccc(-n2cnc3cccnc32)cc1. The van der Waals surface area contributed by atoms with E-state index in [2.05, 4.69) is 15.3 Å². The maximum absolute atomic E-state index is 12.2. The summed E-state index contributed by atoms with van der Waals surface area (Å²) in [6, 6.07) is 14.7. The molecule has 3 aromatic heterocycles. The third-order valence-electron chi connectivity index (χ3n) is 3.72. The van der Waals surface area contributed by atoms with Gasteiger partial charge in [-0.25, -0.2) is 9.97 Å². The second-order valence-electron chi connectivity index (χ2n) is 5.27. The maximum Gasteiger partial charge on any atom is 0.251 e. The van der Waals surface area contributed by atoms with E-state index in [0.29, 0.717) is 12.1 Å². The normalized spacial score (nSPS) is 10.8. The molecule has 0 aliphatic carbocycles. The van der Waals surface area contributed by atoms with Crippen molar-refractivity contribution in [3.8, 4) is 5.69 Å². The van der Waals surface area contributed by atoms with Gasteiger partial charge in [-0.1, -0.05) is 0 Å². The number of pyridine rings is 1. The number of aromatic nitrogens is 3. The van der Waals surface area contributed by atoms with Gasteiger partial charge in [-0.2, -0.15) is 0 Å². The zero-order valence-corrected chi connectivity index (χ0v) is 12.7. The van der Waals surface area contributed by atoms with E-state index in [9.17, 15) is 4.79 Å². The Bertz CT molecular complexity index is 972. The number of fused-ring (bicyclic) bond motifs is 1. The van der Waals surface area contributed by atoms with Gasteiger partial charge in [0.1, 0.15) is 17.6 Å². The quantitative estimate of drug-likeness (QED) is 0.628. The van der Waals surface area contributed by atoms with Gasteiger partial charge in [-0.3, -0.25) is 9.36 Å². The Morgan fingerprint density at radius 3 is 2.75 bits per heavy atom. The van der Waals surface area contributed by atoms with Gasteiger partial charge in [-0.05, 0) is 48.5 Å². The van der Waals surface area contributed by atoms with E-state index in [-0.39, 0.29) is 5.91 Å². The average molecular weight is 318 g/mol. The number of benzene rings is 1. The first-order chi connectivity index (χ1) is 11.8. The molecule has 4 aromatic rings. The summed E-state index contributed by atoms with van der Waals surface area (Å²) in [5.41, 5.74) is 3.10. The number of carbonyl (C=O) groups excluding carboxylic acids is 1. The fraction of sp³-hybridized carbons (Fsp3) is 0.0556. The number of carbonyl (C=O) groups is 1. The van der Waals surface area contributed by atoms with Crippen LogP contribution < -0.4 is 5.32 Å². The number of nitrogens with zero attached hydrogens (tertiary/aromatic N) is 3. The van der Waals surface area contributed by atoms with Crippen molar-refractivity contribution in [2.24, 2.45) is 0 Å². The van der Waals surface area contributed by atoms with Crippen LogP contribution in [0.3, 0.4) is 0 Å². The lowest BCUT2D eigenvalue weighted by Gasteiger charge is -2.06. The molecule has 24 heavy (non-hydrogen) atoms. The Morgan fingerprint density at radius 1 is 1.08 bits per heavy atom. The summed E-state index contributed by atoms with van der Waals surface area (Å²) in [6.45, 7) is 0.365. The molecule has 1 aromatic carbocycles. The fourth-order valence-corrected chi connectivity index (χ4v) is 2.49. The summed E-state index contributed by atoms with van der Waals surface area (Å²) in [5, 5.41) is 2.82. The largest absolute Gasteiger partial charge is 0.467 e. The highest BCUT2D eigenvalue weighted by molar-refractivity contribution is 5.94. The van der Waals surface area contributed by atoms with E-state index in [4.69, 9.17) is 4.42 Å². The predicted molar refractivity (Wildman–Crippen MR) is 88.7 cm³/mol. The van der Waals surface area contributed by atoms with E-state index < -0.39 is 0 Å². The molecule has 0 saturated heterocycles. The van der Waals surface area contributed by atoms with Crippen molar-refractivity contribution < 1.29 is 9.21 Å². The van der Waals surface area contributed by atoms with Gasteiger partial charge in [0.2, 0.25) is 0 Å². The molecule has 1 amide bonds. The van der Waals surface area contributed by atoms with Gasteiger partial charge in [0.25, 0.3) is 5.91 Å². The third kappa shape index (κ3) is 2.65. The molecule has 0 atom stereocenters. The summed E-state index contributed by atoms with van der Waals surface area (Å²) >= 11 is 0. The van der Waals surface area contributed by atoms with Crippen LogP contribution in [0, 0.1) is 0 Å². The topological polar surface area (TPSA) is 73.0 Å². The van der Waals surface area contributed by atoms with Gasteiger partial charge >= 0.3 is 0 Å². The minimum atomic E-state index is -0.147. The Morgan fingerprint density at radius 2 is 1.96 bits per heavy atom. The zero-order valence-electron chi connectivity index (χ0n) is 12.7. The van der Waals surface area contributed by atoms with E-state index in [0.717, 1.165) is 22.6 Å². The molecule has 0 unspecified atom stereocenters. The molecule has 0 radical (unpaired) electrons. The molecule has 6 heteroatoms. The van der Waals surface area contributed by atoms with Crippen molar-refractivity contribution in [2.75, 3.05) is 0 Å². The lowest BCUT2D eigenvalue weighted by Crippen LogP contribution is -2.22. The molecule has 0 saturated carbocycles. The number of amides is 1. The Hall–Kier alpha value is -3.41. The Labute approximate surface area is 137 Å². The van der Waals surface area contributed by atoms with Crippen molar-refractivity contribution in [3.05, 3.63) is 78.6 Å². The highest BCUT2D eigenvalue weighted by atomic mass is 16.3. The molecule has 4 rings (SSSR count). The molecule has 1 N–H and O–H groups in total. The lowest BCUT2D eigenvalue weighted by atomic mass is 10.2. The Kier molecular flexibility index (Phi) is 3.55. The minimum Gasteiger partial charge on any atom is -0.467 e. The summed E-state index contributed by atoms with van der Waals surface area (Å²) in [5.74, 6) is 0.572. The van der Waals surface area contributed by atoms with Crippen molar-refractivity contribution in [2.45, 2.75) is 6.54 Å². The summed E-state index contributed by atoms with van der Waals surface area (Å²) in [4.78, 5) is 20.8. The maximum atomic E-state index is 12.2. The van der Waals surface area contributed by atoms with Crippen molar-refractivity contribution in [3.63, 3.8) is 0 Å². The first kappa shape index (κ1) is 14.2. The van der Waals surface area contributed by atoms with Crippen LogP contribution >= 0.6 is 0 Å². The minimum absolute atomic E-state index is 0.147. The van der Waals surface area contributed by atoms with Crippen LogP contribution in [0.5, 0.6) is 0 Å². The van der Waals surface area contributed by atoms with Crippen LogP contribution in [0.2, 0.25) is 0 Å². The van der Waals surface area contributed by atoms with Crippen LogP contribution in [-0.2, 0) is 6.54 Å². The van der Waals surface area contributed by atoms with Crippen molar-refractivity contribution >= 4 is 17.1 Å². The van der Waals surface area contributed by atoms with E-state index in [1.807, 2.05) is 34.9 Å². The van der Waals surface area contributed by atoms with E-state index >= 15 is 0 Å². The zero-order chi connectivity index (χ0) is 16.4. The Balaban J connectivity index is 1.53. The third-order valence-corrected chi connectivity index (χ3v) is 3.72. The van der Waals surface area contributed by atoms with Crippen molar-refractivity contribution in [1.29, 1.82) is 0 Å². The molecule has 118 valence electrons. The van der Waals surface area contributed by atoms with E-state index in [1.54, 1.807) is 37.0 Å². The lowest BCUT2D eigenvalue weighted by molar-refractivity contribution is 0.0948. The highest BCUT2D eigenvalue weighted by Gasteiger charge is 2.08. The molecule has 0 aliphatic heterocycles. The molecule has 3 heterocycles. The summed E-state index contributed by atoms with van der Waals surface area (Å²) < 4.78 is 7.09. The second-order valence-corrected chi connectivity index (χ2v) is 5.27. The molecular weight excluding hydrogens is 304 g/mol. The number of imidazole rings is 1. The van der Waals surface area contributed by atoms with Crippen LogP contribution in [0.1, 0.15) is 16.1 Å². The molecule has 0 spiro atoms. The molecule has 0 aliphatic rings. The monoisotopic (exact) mass is 318 g/mol. The summed E-state index contributed by atoms with van der Waals surface area (Å²) in [6.07, 6.45) is 5.04. The van der Waals surface area contributed by atoms with Crippen LogP contribution in [0.4, 0.5) is 0 Å². The molecule has 0 bridgehead atoms. The highest BCUT2D eigenvalue weighted by Crippen LogP contribution is 2.16. The van der Waals surface area contributed by atoms with Crippen LogP contribution in [0.25, 0.3) is 16.9 Å². The second kappa shape index (κ2) is 6.00. The fourth-order valence-electron chi connectivity index (χ4n) is 2.49. The van der Waals surface area contributed by atoms with Crippen molar-refractivity contribution in [1.82, 2.24) is 19.9 Å². The molecular formula is C18H14N4O2. The molecule has 0 fully saturated rings. The van der Waals surface area contributed by atoms with Crippen LogP contribution in [0.15, 0.2) is 71.7 Å². The van der Waals surface area contributed by atoms with Gasteiger partial charge in [0, 0.05) is 17.4 Å².